The maximum absolute atomic E-state index is 6.29. The Labute approximate surface area is 262 Å². The first-order valence-corrected chi connectivity index (χ1v) is 15.6. The Morgan fingerprint density at radius 3 is 2.00 bits per heavy atom. The van der Waals surface area contributed by atoms with Gasteiger partial charge in [0.05, 0.1) is 11.4 Å². The average molecular weight is 578 g/mol. The van der Waals surface area contributed by atoms with Gasteiger partial charge in [-0.3, -0.25) is 0 Å². The number of nitrogens with zero attached hydrogens (tertiary/aromatic N) is 1. The number of para-hydroxylation sites is 1. The molecule has 0 bridgehead atoms. The van der Waals surface area contributed by atoms with E-state index in [4.69, 9.17) is 4.42 Å². The molecular weight excluding hydrogens is 546 g/mol. The lowest BCUT2D eigenvalue weighted by molar-refractivity contribution is 0.660. The first-order chi connectivity index (χ1) is 22.1. The van der Waals surface area contributed by atoms with Crippen molar-refractivity contribution in [3.05, 3.63) is 163 Å². The standard InChI is InChI=1S/C43H31NO/c1-43(2)35-17-8-6-14-33(35)42-36(43)18-11-20-38(42)44(30-24-22-29(23-25-30)28-12-4-3-5-13-28)37-19-10-16-32-31(37)26-27-40-41(32)34-15-7-9-21-39(34)45-40/h3-27H,1-2H3. The Morgan fingerprint density at radius 1 is 0.467 bits per heavy atom. The molecule has 1 heterocycles. The Kier molecular flexibility index (Phi) is 5.58. The molecule has 0 atom stereocenters. The average Bonchev–Trinajstić information content (AvgIpc) is 3.59. The fourth-order valence-corrected chi connectivity index (χ4v) is 7.52. The van der Waals surface area contributed by atoms with Crippen LogP contribution < -0.4 is 4.90 Å². The lowest BCUT2D eigenvalue weighted by Crippen LogP contribution is -2.16. The van der Waals surface area contributed by atoms with Crippen molar-refractivity contribution in [3.63, 3.8) is 0 Å². The van der Waals surface area contributed by atoms with Gasteiger partial charge in [-0.2, -0.15) is 0 Å². The monoisotopic (exact) mass is 577 g/mol. The summed E-state index contributed by atoms with van der Waals surface area (Å²) >= 11 is 0. The fraction of sp³-hybridized carbons (Fsp3) is 0.0698. The summed E-state index contributed by atoms with van der Waals surface area (Å²) in [6.07, 6.45) is 0. The Bertz CT molecular complexity index is 2400. The molecule has 45 heavy (non-hydrogen) atoms. The summed E-state index contributed by atoms with van der Waals surface area (Å²) in [6, 6.07) is 54.7. The molecule has 1 aliphatic carbocycles. The first-order valence-electron chi connectivity index (χ1n) is 15.6. The molecule has 0 amide bonds. The molecule has 214 valence electrons. The smallest absolute Gasteiger partial charge is 0.136 e. The normalized spacial score (nSPS) is 13.3. The predicted molar refractivity (Wildman–Crippen MR) is 189 cm³/mol. The second-order valence-corrected chi connectivity index (χ2v) is 12.5. The lowest BCUT2D eigenvalue weighted by atomic mass is 9.82. The van der Waals surface area contributed by atoms with Gasteiger partial charge in [0.15, 0.2) is 0 Å². The van der Waals surface area contributed by atoms with Crippen LogP contribution in [0.25, 0.3) is 55.0 Å². The van der Waals surface area contributed by atoms with Gasteiger partial charge in [-0.1, -0.05) is 123 Å². The van der Waals surface area contributed by atoms with Crippen molar-refractivity contribution in [1.82, 2.24) is 0 Å². The number of fused-ring (bicyclic) bond motifs is 8. The maximum atomic E-state index is 6.29. The molecule has 0 spiro atoms. The summed E-state index contributed by atoms with van der Waals surface area (Å²) in [5, 5.41) is 4.68. The van der Waals surface area contributed by atoms with Gasteiger partial charge in [0.2, 0.25) is 0 Å². The van der Waals surface area contributed by atoms with Crippen LogP contribution in [0.1, 0.15) is 25.0 Å². The predicted octanol–water partition coefficient (Wildman–Crippen LogP) is 12.2. The molecule has 0 saturated heterocycles. The van der Waals surface area contributed by atoms with Crippen molar-refractivity contribution in [1.29, 1.82) is 0 Å². The number of hydrogen-bond donors (Lipinski definition) is 0. The van der Waals surface area contributed by atoms with Crippen LogP contribution in [-0.4, -0.2) is 0 Å². The van der Waals surface area contributed by atoms with E-state index in [1.54, 1.807) is 0 Å². The van der Waals surface area contributed by atoms with Crippen molar-refractivity contribution in [2.75, 3.05) is 4.90 Å². The zero-order valence-corrected chi connectivity index (χ0v) is 25.3. The third kappa shape index (κ3) is 3.82. The summed E-state index contributed by atoms with van der Waals surface area (Å²) in [5.41, 5.74) is 12.9. The summed E-state index contributed by atoms with van der Waals surface area (Å²) in [4.78, 5) is 2.46. The fourth-order valence-electron chi connectivity index (χ4n) is 7.52. The highest BCUT2D eigenvalue weighted by molar-refractivity contribution is 6.21. The van der Waals surface area contributed by atoms with Gasteiger partial charge >= 0.3 is 0 Å². The van der Waals surface area contributed by atoms with Crippen LogP contribution in [-0.2, 0) is 5.41 Å². The third-order valence-electron chi connectivity index (χ3n) is 9.68. The van der Waals surface area contributed by atoms with Crippen LogP contribution in [0, 0.1) is 0 Å². The van der Waals surface area contributed by atoms with Gasteiger partial charge in [0.1, 0.15) is 11.2 Å². The summed E-state index contributed by atoms with van der Waals surface area (Å²) in [7, 11) is 0. The van der Waals surface area contributed by atoms with Crippen LogP contribution >= 0.6 is 0 Å². The number of furan rings is 1. The van der Waals surface area contributed by atoms with Crippen molar-refractivity contribution in [3.8, 4) is 22.3 Å². The van der Waals surface area contributed by atoms with E-state index >= 15 is 0 Å². The number of benzene rings is 7. The third-order valence-corrected chi connectivity index (χ3v) is 9.68. The zero-order chi connectivity index (χ0) is 30.1. The topological polar surface area (TPSA) is 16.4 Å². The quantitative estimate of drug-likeness (QED) is 0.207. The van der Waals surface area contributed by atoms with Crippen LogP contribution in [0.15, 0.2) is 156 Å². The van der Waals surface area contributed by atoms with Gasteiger partial charge in [-0.05, 0) is 75.7 Å². The van der Waals surface area contributed by atoms with Gasteiger partial charge in [-0.25, -0.2) is 0 Å². The van der Waals surface area contributed by atoms with E-state index in [1.807, 2.05) is 6.07 Å². The highest BCUT2D eigenvalue weighted by Crippen LogP contribution is 2.54. The minimum Gasteiger partial charge on any atom is -0.456 e. The molecule has 0 fully saturated rings. The van der Waals surface area contributed by atoms with Crippen molar-refractivity contribution >= 4 is 49.8 Å². The Balaban J connectivity index is 1.33. The molecule has 9 rings (SSSR count). The second kappa shape index (κ2) is 9.70. The molecule has 2 heteroatoms. The SMILES string of the molecule is CC1(C)c2ccccc2-c2c(N(c3ccc(-c4ccccc4)cc3)c3cccc4c3ccc3oc5ccccc5c34)cccc21. The first kappa shape index (κ1) is 25.9. The minimum absolute atomic E-state index is 0.0919. The molecule has 7 aromatic carbocycles. The van der Waals surface area contributed by atoms with Crippen LogP contribution in [0.4, 0.5) is 17.1 Å². The van der Waals surface area contributed by atoms with Crippen LogP contribution in [0.3, 0.4) is 0 Å². The second-order valence-electron chi connectivity index (χ2n) is 12.5. The molecule has 0 saturated carbocycles. The van der Waals surface area contributed by atoms with Crippen LogP contribution in [0.2, 0.25) is 0 Å². The Morgan fingerprint density at radius 2 is 1.13 bits per heavy atom. The van der Waals surface area contributed by atoms with E-state index in [0.717, 1.165) is 33.3 Å². The van der Waals surface area contributed by atoms with Crippen molar-refractivity contribution in [2.24, 2.45) is 0 Å². The molecule has 0 radical (unpaired) electrons. The van der Waals surface area contributed by atoms with Crippen LogP contribution in [0.5, 0.6) is 0 Å². The minimum atomic E-state index is -0.0919. The molecule has 1 aliphatic rings. The summed E-state index contributed by atoms with van der Waals surface area (Å²) < 4.78 is 6.29. The molecule has 8 aromatic rings. The number of anilines is 3. The van der Waals surface area contributed by atoms with Gasteiger partial charge in [0.25, 0.3) is 0 Å². The molecule has 0 aliphatic heterocycles. The van der Waals surface area contributed by atoms with E-state index < -0.39 is 0 Å². The molecule has 0 unspecified atom stereocenters. The van der Waals surface area contributed by atoms with E-state index in [-0.39, 0.29) is 5.41 Å². The summed E-state index contributed by atoms with van der Waals surface area (Å²) in [6.45, 7) is 4.69. The van der Waals surface area contributed by atoms with Gasteiger partial charge in [-0.15, -0.1) is 0 Å². The summed E-state index contributed by atoms with van der Waals surface area (Å²) in [5.74, 6) is 0. The molecule has 2 nitrogen and oxygen atoms in total. The largest absolute Gasteiger partial charge is 0.456 e. The van der Waals surface area contributed by atoms with E-state index in [9.17, 15) is 0 Å². The highest BCUT2D eigenvalue weighted by atomic mass is 16.3. The number of rotatable bonds is 4. The van der Waals surface area contributed by atoms with E-state index in [1.165, 1.54) is 49.8 Å². The Hall–Kier alpha value is -5.60. The zero-order valence-electron chi connectivity index (χ0n) is 25.3. The molecule has 1 aromatic heterocycles. The van der Waals surface area contributed by atoms with Gasteiger partial charge in [0, 0.05) is 32.8 Å². The molecular formula is C43H31NO. The van der Waals surface area contributed by atoms with E-state index in [0.29, 0.717) is 0 Å². The van der Waals surface area contributed by atoms with Crippen molar-refractivity contribution in [2.45, 2.75) is 19.3 Å². The van der Waals surface area contributed by atoms with E-state index in [2.05, 4.69) is 164 Å². The lowest BCUT2D eigenvalue weighted by Gasteiger charge is -2.30. The van der Waals surface area contributed by atoms with Crippen molar-refractivity contribution < 1.29 is 4.42 Å². The highest BCUT2D eigenvalue weighted by Gasteiger charge is 2.37. The van der Waals surface area contributed by atoms with Gasteiger partial charge < -0.3 is 9.32 Å². The maximum Gasteiger partial charge on any atom is 0.136 e. The molecule has 0 N–H and O–H groups in total. The number of hydrogen-bond acceptors (Lipinski definition) is 2.